The van der Waals surface area contributed by atoms with Gasteiger partial charge in [-0.05, 0) is 31.3 Å². The quantitative estimate of drug-likeness (QED) is 0.251. The summed E-state index contributed by atoms with van der Waals surface area (Å²) in [6, 6.07) is 5.60. The molecule has 9 nitrogen and oxygen atoms in total. The first-order valence-corrected chi connectivity index (χ1v) is 12.5. The summed E-state index contributed by atoms with van der Waals surface area (Å²) < 4.78 is 35.2. The fourth-order valence-electron chi connectivity index (χ4n) is 4.11. The molecule has 0 saturated heterocycles. The molecule has 1 aromatic carbocycles. The van der Waals surface area contributed by atoms with E-state index < -0.39 is 6.61 Å². The molecule has 3 aromatic heterocycles. The van der Waals surface area contributed by atoms with Gasteiger partial charge in [0.15, 0.2) is 0 Å². The zero-order valence-electron chi connectivity index (χ0n) is 20.5. The lowest BCUT2D eigenvalue weighted by Gasteiger charge is -2.32. The molecule has 1 atom stereocenters. The van der Waals surface area contributed by atoms with Crippen molar-refractivity contribution in [2.24, 2.45) is 14.1 Å². The molecule has 1 aliphatic heterocycles. The van der Waals surface area contributed by atoms with Crippen LogP contribution in [-0.2, 0) is 14.1 Å². The van der Waals surface area contributed by atoms with Gasteiger partial charge in [0.2, 0.25) is 0 Å². The lowest BCUT2D eigenvalue weighted by Crippen LogP contribution is -2.47. The highest BCUT2D eigenvalue weighted by Crippen LogP contribution is 2.38. The molecule has 4 heterocycles. The van der Waals surface area contributed by atoms with Crippen LogP contribution >= 0.6 is 11.8 Å². The van der Waals surface area contributed by atoms with E-state index in [4.69, 9.17) is 4.74 Å². The van der Waals surface area contributed by atoms with Gasteiger partial charge in [-0.2, -0.15) is 19.0 Å². The number of thioether (sulfide) groups is 1. The molecule has 0 amide bonds. The lowest BCUT2D eigenvalue weighted by atomic mass is 10.1. The van der Waals surface area contributed by atoms with Gasteiger partial charge in [0.05, 0.1) is 23.8 Å². The SMILES string of the molecule is CNNC1C=CC(c2cnn(C)c2)=CN1CSc1ccc2ncc(-c3cnn(C)c3)c(OC(F)F)c2c1. The molecule has 1 aliphatic rings. The molecule has 37 heavy (non-hydrogen) atoms. The highest BCUT2D eigenvalue weighted by molar-refractivity contribution is 7.99. The zero-order chi connectivity index (χ0) is 25.9. The van der Waals surface area contributed by atoms with Crippen LogP contribution in [0, 0.1) is 0 Å². The second-order valence-corrected chi connectivity index (χ2v) is 9.45. The van der Waals surface area contributed by atoms with Crippen LogP contribution < -0.4 is 15.6 Å². The topological polar surface area (TPSA) is 85.1 Å². The summed E-state index contributed by atoms with van der Waals surface area (Å²) in [6.45, 7) is -2.97. The Morgan fingerprint density at radius 1 is 1.08 bits per heavy atom. The summed E-state index contributed by atoms with van der Waals surface area (Å²) in [6.07, 6.45) is 14.8. The standard InChI is InChI=1S/C25H26F2N8OS/c1-28-32-23-7-4-16(17-9-30-33(2)12-17)14-35(23)15-37-19-5-6-22-20(8-19)24(36-25(26)27)21(11-29-22)18-10-31-34(3)13-18/h4-14,23,25,28,32H,15H2,1-3H3. The van der Waals surface area contributed by atoms with Crippen LogP contribution in [0.5, 0.6) is 5.75 Å². The number of allylic oxidation sites excluding steroid dienone is 2. The van der Waals surface area contributed by atoms with Crippen LogP contribution in [0.1, 0.15) is 5.56 Å². The van der Waals surface area contributed by atoms with Crippen molar-refractivity contribution in [1.29, 1.82) is 0 Å². The van der Waals surface area contributed by atoms with Crippen LogP contribution in [0.3, 0.4) is 0 Å². The predicted octanol–water partition coefficient (Wildman–Crippen LogP) is 3.98. The second kappa shape index (κ2) is 10.7. The van der Waals surface area contributed by atoms with Gasteiger partial charge in [-0.15, -0.1) is 11.8 Å². The Morgan fingerprint density at radius 2 is 1.84 bits per heavy atom. The molecule has 12 heteroatoms. The Labute approximate surface area is 216 Å². The minimum atomic E-state index is -2.97. The normalized spacial score (nSPS) is 15.6. The Kier molecular flexibility index (Phi) is 7.22. The molecule has 0 spiro atoms. The van der Waals surface area contributed by atoms with Crippen LogP contribution in [0.2, 0.25) is 0 Å². The minimum absolute atomic E-state index is 0.0741. The summed E-state index contributed by atoms with van der Waals surface area (Å²) >= 11 is 1.58. The van der Waals surface area contributed by atoms with Gasteiger partial charge in [-0.3, -0.25) is 19.8 Å². The first-order valence-electron chi connectivity index (χ1n) is 11.5. The third-order valence-corrected chi connectivity index (χ3v) is 6.86. The number of aromatic nitrogens is 5. The van der Waals surface area contributed by atoms with Gasteiger partial charge < -0.3 is 9.64 Å². The van der Waals surface area contributed by atoms with Crippen molar-refractivity contribution in [2.75, 3.05) is 12.9 Å². The van der Waals surface area contributed by atoms with E-state index in [9.17, 15) is 8.78 Å². The van der Waals surface area contributed by atoms with Gasteiger partial charge in [-0.25, -0.2) is 5.43 Å². The van der Waals surface area contributed by atoms with Gasteiger partial charge >= 0.3 is 6.61 Å². The average Bonchev–Trinajstić information content (AvgIpc) is 3.51. The molecule has 0 fully saturated rings. The number of nitrogens with zero attached hydrogens (tertiary/aromatic N) is 6. The molecule has 0 bridgehead atoms. The number of benzene rings is 1. The summed E-state index contributed by atoms with van der Waals surface area (Å²) in [5, 5.41) is 8.94. The second-order valence-electron chi connectivity index (χ2n) is 8.43. The van der Waals surface area contributed by atoms with E-state index in [0.717, 1.165) is 16.0 Å². The fraction of sp³-hybridized carbons (Fsp3) is 0.240. The van der Waals surface area contributed by atoms with Crippen molar-refractivity contribution in [2.45, 2.75) is 17.7 Å². The van der Waals surface area contributed by atoms with E-state index in [1.165, 1.54) is 0 Å². The van der Waals surface area contributed by atoms with Crippen molar-refractivity contribution < 1.29 is 13.5 Å². The maximum Gasteiger partial charge on any atom is 0.387 e. The molecule has 192 valence electrons. The van der Waals surface area contributed by atoms with Gasteiger partial charge in [0.25, 0.3) is 0 Å². The number of rotatable bonds is 9. The van der Waals surface area contributed by atoms with E-state index >= 15 is 0 Å². The Hall–Kier alpha value is -3.74. The third-order valence-electron chi connectivity index (χ3n) is 5.84. The summed E-state index contributed by atoms with van der Waals surface area (Å²) in [4.78, 5) is 7.52. The van der Waals surface area contributed by atoms with Crippen LogP contribution in [-0.4, -0.2) is 55.1 Å². The number of hydrogen-bond acceptors (Lipinski definition) is 8. The van der Waals surface area contributed by atoms with E-state index in [2.05, 4.69) is 49.3 Å². The summed E-state index contributed by atoms with van der Waals surface area (Å²) in [7, 11) is 5.47. The van der Waals surface area contributed by atoms with Gasteiger partial charge in [-0.1, -0.05) is 6.08 Å². The van der Waals surface area contributed by atoms with Crippen molar-refractivity contribution in [3.05, 3.63) is 73.1 Å². The third kappa shape index (κ3) is 5.50. The number of halogens is 2. The number of pyridine rings is 1. The minimum Gasteiger partial charge on any atom is -0.433 e. The monoisotopic (exact) mass is 524 g/mol. The molecule has 1 unspecified atom stereocenters. The van der Waals surface area contributed by atoms with Crippen molar-refractivity contribution in [3.63, 3.8) is 0 Å². The molecule has 4 aromatic rings. The average molecular weight is 525 g/mol. The van der Waals surface area contributed by atoms with Crippen LogP contribution in [0.25, 0.3) is 27.6 Å². The Balaban J connectivity index is 1.44. The van der Waals surface area contributed by atoms with Crippen molar-refractivity contribution >= 4 is 28.2 Å². The maximum atomic E-state index is 13.4. The number of nitrogens with one attached hydrogen (secondary N) is 2. The Bertz CT molecular complexity index is 1460. The molecular weight excluding hydrogens is 498 g/mol. The van der Waals surface area contributed by atoms with Crippen molar-refractivity contribution in [3.8, 4) is 16.9 Å². The van der Waals surface area contributed by atoms with E-state index in [1.807, 2.05) is 44.7 Å². The summed E-state index contributed by atoms with van der Waals surface area (Å²) in [5.74, 6) is 0.685. The molecule has 5 rings (SSSR count). The summed E-state index contributed by atoms with van der Waals surface area (Å²) in [5.41, 5.74) is 9.97. The van der Waals surface area contributed by atoms with E-state index in [1.54, 1.807) is 46.8 Å². The lowest BCUT2D eigenvalue weighted by molar-refractivity contribution is -0.0484. The number of hydrazine groups is 1. The van der Waals surface area contributed by atoms with Gasteiger partial charge in [0.1, 0.15) is 11.9 Å². The highest BCUT2D eigenvalue weighted by atomic mass is 32.2. The predicted molar refractivity (Wildman–Crippen MR) is 139 cm³/mol. The molecule has 2 N–H and O–H groups in total. The fourth-order valence-corrected chi connectivity index (χ4v) is 5.01. The number of alkyl halides is 2. The molecule has 0 radical (unpaired) electrons. The molecule has 0 aliphatic carbocycles. The first-order chi connectivity index (χ1) is 17.9. The smallest absolute Gasteiger partial charge is 0.387 e. The number of fused-ring (bicyclic) bond motifs is 1. The number of aryl methyl sites for hydroxylation is 2. The van der Waals surface area contributed by atoms with Crippen molar-refractivity contribution in [1.82, 2.24) is 40.3 Å². The molecule has 0 saturated carbocycles. The van der Waals surface area contributed by atoms with E-state index in [-0.39, 0.29) is 11.9 Å². The zero-order valence-corrected chi connectivity index (χ0v) is 21.3. The largest absolute Gasteiger partial charge is 0.433 e. The first kappa shape index (κ1) is 24.9. The van der Waals surface area contributed by atoms with Gasteiger partial charge in [0, 0.05) is 71.4 Å². The Morgan fingerprint density at radius 3 is 2.51 bits per heavy atom. The van der Waals surface area contributed by atoms with E-state index in [0.29, 0.717) is 27.9 Å². The van der Waals surface area contributed by atoms with Crippen LogP contribution in [0.15, 0.2) is 72.4 Å². The maximum absolute atomic E-state index is 13.4. The highest BCUT2D eigenvalue weighted by Gasteiger charge is 2.20. The van der Waals surface area contributed by atoms with Crippen LogP contribution in [0.4, 0.5) is 8.78 Å². The number of ether oxygens (including phenoxy) is 1. The molecular formula is C25H26F2N8OS. The number of hydrogen-bond donors (Lipinski definition) is 2.